The van der Waals surface area contributed by atoms with Gasteiger partial charge in [0.2, 0.25) is 6.85 Å². The van der Waals surface area contributed by atoms with E-state index >= 15 is 0 Å². The van der Waals surface area contributed by atoms with E-state index in [0.717, 1.165) is 13.0 Å². The lowest BCUT2D eigenvalue weighted by Crippen LogP contribution is -2.56. The molecule has 1 unspecified atom stereocenters. The number of allylic oxidation sites excluding steroid dienone is 1. The molecule has 4 nitrogen and oxygen atoms in total. The van der Waals surface area contributed by atoms with E-state index in [2.05, 4.69) is 35.3 Å². The molecule has 0 aromatic rings. The highest BCUT2D eigenvalue weighted by Gasteiger charge is 2.24. The third kappa shape index (κ3) is 2.55. The van der Waals surface area contributed by atoms with Crippen LogP contribution in [0.15, 0.2) is 24.0 Å². The summed E-state index contributed by atoms with van der Waals surface area (Å²) < 4.78 is 0. The molecule has 5 heteroatoms. The molecule has 1 fully saturated rings. The number of nitrogens with two attached hydrogens (primary N) is 1. The molecule has 0 aliphatic carbocycles. The summed E-state index contributed by atoms with van der Waals surface area (Å²) in [5.74, 6) is 0. The molecule has 2 aliphatic rings. The largest absolute Gasteiger partial charge is 0.375 e. The molecule has 2 rings (SSSR count). The second kappa shape index (κ2) is 4.29. The van der Waals surface area contributed by atoms with Gasteiger partial charge in [-0.2, -0.15) is 0 Å². The van der Waals surface area contributed by atoms with E-state index < -0.39 is 0 Å². The third-order valence-electron chi connectivity index (χ3n) is 2.82. The fourth-order valence-electron chi connectivity index (χ4n) is 2.22. The van der Waals surface area contributed by atoms with Crippen LogP contribution in [-0.2, 0) is 0 Å². The maximum atomic E-state index is 5.71. The minimum Gasteiger partial charge on any atom is -0.375 e. The van der Waals surface area contributed by atoms with Crippen molar-refractivity contribution in [3.63, 3.8) is 0 Å². The number of dihydropyridines is 1. The van der Waals surface area contributed by atoms with Gasteiger partial charge in [-0.15, -0.1) is 0 Å². The average molecular weight is 206 g/mol. The topological polar surface area (TPSA) is 53.3 Å². The molecule has 2 aliphatic heterocycles. The molecular formula is C10H19BN4. The van der Waals surface area contributed by atoms with Gasteiger partial charge in [0, 0.05) is 25.2 Å². The van der Waals surface area contributed by atoms with E-state index in [1.807, 2.05) is 12.3 Å². The lowest BCUT2D eigenvalue weighted by atomic mass is 9.62. The van der Waals surface area contributed by atoms with E-state index in [1.54, 1.807) is 0 Å². The summed E-state index contributed by atoms with van der Waals surface area (Å²) in [5.41, 5.74) is 6.94. The molecule has 0 spiro atoms. The quantitative estimate of drug-likeness (QED) is 0.517. The number of hydrogen-bond donors (Lipinski definition) is 3. The van der Waals surface area contributed by atoms with Gasteiger partial charge >= 0.3 is 0 Å². The zero-order valence-electron chi connectivity index (χ0n) is 9.40. The lowest BCUT2D eigenvalue weighted by molar-refractivity contribution is 0.339. The van der Waals surface area contributed by atoms with Crippen LogP contribution in [0.4, 0.5) is 0 Å². The number of nitrogens with zero attached hydrogens (tertiary/aromatic N) is 1. The zero-order chi connectivity index (χ0) is 10.8. The number of hydrogen-bond acceptors (Lipinski definition) is 4. The first-order valence-electron chi connectivity index (χ1n) is 5.56. The Balaban J connectivity index is 2.01. The molecule has 2 heterocycles. The Morgan fingerprint density at radius 1 is 1.60 bits per heavy atom. The Kier molecular flexibility index (Phi) is 3.02. The average Bonchev–Trinajstić information content (AvgIpc) is 2.17. The molecule has 0 amide bonds. The van der Waals surface area contributed by atoms with Crippen molar-refractivity contribution >= 4 is 6.85 Å². The summed E-state index contributed by atoms with van der Waals surface area (Å²) in [7, 11) is 0. The van der Waals surface area contributed by atoms with Crippen molar-refractivity contribution in [3.8, 4) is 0 Å². The van der Waals surface area contributed by atoms with Crippen LogP contribution in [-0.4, -0.2) is 36.9 Å². The maximum absolute atomic E-state index is 5.71. The molecule has 1 saturated heterocycles. The van der Waals surface area contributed by atoms with Gasteiger partial charge in [0.1, 0.15) is 0 Å². The van der Waals surface area contributed by atoms with Gasteiger partial charge in [-0.05, 0) is 19.1 Å². The number of rotatable bonds is 1. The van der Waals surface area contributed by atoms with Crippen molar-refractivity contribution in [2.75, 3.05) is 13.0 Å². The van der Waals surface area contributed by atoms with E-state index in [0.29, 0.717) is 12.9 Å². The van der Waals surface area contributed by atoms with Gasteiger partial charge in [-0.3, -0.25) is 0 Å². The zero-order valence-corrected chi connectivity index (χ0v) is 9.40. The first-order valence-corrected chi connectivity index (χ1v) is 5.56. The van der Waals surface area contributed by atoms with Gasteiger partial charge < -0.3 is 21.2 Å². The van der Waals surface area contributed by atoms with Crippen molar-refractivity contribution in [1.82, 2.24) is 15.4 Å². The van der Waals surface area contributed by atoms with Crippen LogP contribution in [0.2, 0.25) is 6.82 Å². The van der Waals surface area contributed by atoms with Gasteiger partial charge in [0.05, 0.1) is 11.9 Å². The van der Waals surface area contributed by atoms with Crippen LogP contribution in [0.5, 0.6) is 0 Å². The Bertz CT molecular complexity index is 279. The minimum atomic E-state index is -0.0356. The first kappa shape index (κ1) is 10.6. The van der Waals surface area contributed by atoms with Crippen LogP contribution in [0.3, 0.4) is 0 Å². The van der Waals surface area contributed by atoms with Crippen LogP contribution in [0.1, 0.15) is 6.92 Å². The Morgan fingerprint density at radius 3 is 3.00 bits per heavy atom. The lowest BCUT2D eigenvalue weighted by Gasteiger charge is -2.37. The van der Waals surface area contributed by atoms with E-state index in [4.69, 9.17) is 5.73 Å². The van der Waals surface area contributed by atoms with Crippen molar-refractivity contribution in [3.05, 3.63) is 24.0 Å². The SMILES string of the molecule is CB1CN(C2=CNC(N)C=C2)C[C@H](C)N1. The van der Waals surface area contributed by atoms with Crippen molar-refractivity contribution in [2.45, 2.75) is 26.0 Å². The molecule has 4 N–H and O–H groups in total. The Hall–Kier alpha value is -0.935. The fraction of sp³-hybridized carbons (Fsp3) is 0.600. The summed E-state index contributed by atoms with van der Waals surface area (Å²) in [6, 6.07) is 0.540. The monoisotopic (exact) mass is 206 g/mol. The van der Waals surface area contributed by atoms with Crippen molar-refractivity contribution in [1.29, 1.82) is 0 Å². The summed E-state index contributed by atoms with van der Waals surface area (Å²) in [6.07, 6.45) is 7.12. The Morgan fingerprint density at radius 2 is 2.40 bits per heavy atom. The summed E-state index contributed by atoms with van der Waals surface area (Å²) in [5, 5.41) is 6.64. The van der Waals surface area contributed by atoms with Crippen LogP contribution >= 0.6 is 0 Å². The molecule has 0 saturated carbocycles. The first-order chi connectivity index (χ1) is 7.15. The van der Waals surface area contributed by atoms with Crippen molar-refractivity contribution < 1.29 is 0 Å². The summed E-state index contributed by atoms with van der Waals surface area (Å²) in [4.78, 5) is 2.39. The predicted octanol–water partition coefficient (Wildman–Crippen LogP) is -0.274. The highest BCUT2D eigenvalue weighted by Crippen LogP contribution is 2.13. The molecule has 0 radical (unpaired) electrons. The predicted molar refractivity (Wildman–Crippen MR) is 64.1 cm³/mol. The maximum Gasteiger partial charge on any atom is 0.237 e. The molecular weight excluding hydrogens is 187 g/mol. The second-order valence-corrected chi connectivity index (χ2v) is 4.49. The molecule has 0 bridgehead atoms. The highest BCUT2D eigenvalue weighted by molar-refractivity contribution is 6.55. The van der Waals surface area contributed by atoms with Gasteiger partial charge in [0.25, 0.3) is 0 Å². The minimum absolute atomic E-state index is 0.0356. The van der Waals surface area contributed by atoms with Crippen LogP contribution in [0, 0.1) is 0 Å². The normalized spacial score (nSPS) is 31.3. The molecule has 82 valence electrons. The molecule has 0 aromatic heterocycles. The second-order valence-electron chi connectivity index (χ2n) is 4.49. The summed E-state index contributed by atoms with van der Waals surface area (Å²) >= 11 is 0. The molecule has 2 atom stereocenters. The smallest absolute Gasteiger partial charge is 0.237 e. The van der Waals surface area contributed by atoms with E-state index in [9.17, 15) is 0 Å². The molecule has 0 aromatic carbocycles. The standard InChI is InChI=1S/C10H19BN4/c1-8-6-15(7-11(2)14-8)9-3-4-10(12)13-5-9/h3-5,8,10,13-14H,6-7,12H2,1-2H3/t8-,10?/m0/s1. The fourth-order valence-corrected chi connectivity index (χ4v) is 2.22. The van der Waals surface area contributed by atoms with Gasteiger partial charge in [-0.1, -0.05) is 6.82 Å². The highest BCUT2D eigenvalue weighted by atomic mass is 15.2. The van der Waals surface area contributed by atoms with Crippen LogP contribution < -0.4 is 16.3 Å². The molecule has 15 heavy (non-hydrogen) atoms. The summed E-state index contributed by atoms with van der Waals surface area (Å²) in [6.45, 7) is 6.03. The van der Waals surface area contributed by atoms with Crippen LogP contribution in [0.25, 0.3) is 0 Å². The third-order valence-corrected chi connectivity index (χ3v) is 2.82. The van der Waals surface area contributed by atoms with Gasteiger partial charge in [-0.25, -0.2) is 0 Å². The van der Waals surface area contributed by atoms with E-state index in [1.165, 1.54) is 5.70 Å². The number of nitrogens with one attached hydrogen (secondary N) is 2. The van der Waals surface area contributed by atoms with E-state index in [-0.39, 0.29) is 6.17 Å². The van der Waals surface area contributed by atoms with Crippen molar-refractivity contribution in [2.24, 2.45) is 5.73 Å². The Labute approximate surface area is 91.7 Å². The van der Waals surface area contributed by atoms with Gasteiger partial charge in [0.15, 0.2) is 0 Å².